The van der Waals surface area contributed by atoms with E-state index < -0.39 is 18.8 Å². The first kappa shape index (κ1) is 13.9. The van der Waals surface area contributed by atoms with Gasteiger partial charge in [0.25, 0.3) is 0 Å². The van der Waals surface area contributed by atoms with Gasteiger partial charge in [0.2, 0.25) is 0 Å². The van der Waals surface area contributed by atoms with Gasteiger partial charge in [-0.1, -0.05) is 23.2 Å². The number of benzene rings is 1. The predicted octanol–water partition coefficient (Wildman–Crippen LogP) is 4.04. The number of nitrogens with zero attached hydrogens (tertiary/aromatic N) is 1. The number of carbonyl (C=O) groups is 1. The van der Waals surface area contributed by atoms with E-state index in [0.717, 1.165) is 12.1 Å². The van der Waals surface area contributed by atoms with Gasteiger partial charge < -0.3 is 5.11 Å². The second-order valence-electron chi connectivity index (χ2n) is 3.08. The molecule has 0 unspecified atom stereocenters. The summed E-state index contributed by atoms with van der Waals surface area (Å²) in [6, 6.07) is 3.43. The van der Waals surface area contributed by atoms with Gasteiger partial charge in [0.05, 0.1) is 10.0 Å². The SMILES string of the molecule is O=C(O)N(CC(F)(F)F)c1ccc(Cl)c(Cl)c1. The highest BCUT2D eigenvalue weighted by Crippen LogP contribution is 2.29. The Morgan fingerprint density at radius 3 is 2.29 bits per heavy atom. The molecule has 0 fully saturated rings. The highest BCUT2D eigenvalue weighted by molar-refractivity contribution is 6.42. The Labute approximate surface area is 104 Å². The number of hydrogen-bond acceptors (Lipinski definition) is 1. The maximum Gasteiger partial charge on any atom is 0.412 e. The Balaban J connectivity index is 3.06. The van der Waals surface area contributed by atoms with Crippen molar-refractivity contribution in [2.45, 2.75) is 6.18 Å². The van der Waals surface area contributed by atoms with Crippen LogP contribution in [0, 0.1) is 0 Å². The Morgan fingerprint density at radius 1 is 1.29 bits per heavy atom. The fourth-order valence-corrected chi connectivity index (χ4v) is 1.39. The van der Waals surface area contributed by atoms with E-state index in [-0.39, 0.29) is 20.6 Å². The van der Waals surface area contributed by atoms with E-state index in [9.17, 15) is 18.0 Å². The minimum Gasteiger partial charge on any atom is -0.465 e. The van der Waals surface area contributed by atoms with Gasteiger partial charge in [-0.2, -0.15) is 13.2 Å². The van der Waals surface area contributed by atoms with Gasteiger partial charge >= 0.3 is 12.3 Å². The van der Waals surface area contributed by atoms with Gasteiger partial charge in [-0.25, -0.2) is 4.79 Å². The van der Waals surface area contributed by atoms with Crippen LogP contribution in [0.1, 0.15) is 0 Å². The molecule has 1 aromatic carbocycles. The summed E-state index contributed by atoms with van der Waals surface area (Å²) >= 11 is 11.2. The third-order valence-electron chi connectivity index (χ3n) is 1.78. The van der Waals surface area contributed by atoms with Gasteiger partial charge in [0.15, 0.2) is 0 Å². The van der Waals surface area contributed by atoms with Crippen LogP contribution < -0.4 is 4.90 Å². The molecular weight excluding hydrogens is 282 g/mol. The number of alkyl halides is 3. The average Bonchev–Trinajstić information content (AvgIpc) is 2.17. The zero-order valence-corrected chi connectivity index (χ0v) is 9.64. The van der Waals surface area contributed by atoms with E-state index >= 15 is 0 Å². The van der Waals surface area contributed by atoms with E-state index in [2.05, 4.69) is 0 Å². The Hall–Kier alpha value is -1.14. The van der Waals surface area contributed by atoms with Crippen molar-refractivity contribution in [2.24, 2.45) is 0 Å². The van der Waals surface area contributed by atoms with Crippen LogP contribution in [0.25, 0.3) is 0 Å². The number of rotatable bonds is 2. The van der Waals surface area contributed by atoms with Crippen molar-refractivity contribution in [3.8, 4) is 0 Å². The molecule has 1 N–H and O–H groups in total. The maximum absolute atomic E-state index is 12.2. The zero-order valence-electron chi connectivity index (χ0n) is 8.13. The van der Waals surface area contributed by atoms with Gasteiger partial charge in [0, 0.05) is 5.69 Å². The molecule has 94 valence electrons. The second kappa shape index (κ2) is 5.01. The molecule has 0 aliphatic heterocycles. The number of halogens is 5. The van der Waals surface area contributed by atoms with Crippen molar-refractivity contribution >= 4 is 35.0 Å². The maximum atomic E-state index is 12.2. The van der Waals surface area contributed by atoms with Gasteiger partial charge in [-0.15, -0.1) is 0 Å². The molecule has 0 saturated heterocycles. The largest absolute Gasteiger partial charge is 0.465 e. The van der Waals surface area contributed by atoms with Crippen LogP contribution in [0.4, 0.5) is 23.7 Å². The third kappa shape index (κ3) is 3.98. The number of amides is 1. The molecule has 0 spiro atoms. The lowest BCUT2D eigenvalue weighted by molar-refractivity contribution is -0.119. The minimum atomic E-state index is -4.63. The first-order chi connectivity index (χ1) is 7.70. The monoisotopic (exact) mass is 287 g/mol. The van der Waals surface area contributed by atoms with E-state index in [1.54, 1.807) is 0 Å². The lowest BCUT2D eigenvalue weighted by atomic mass is 10.3. The van der Waals surface area contributed by atoms with Crippen molar-refractivity contribution in [2.75, 3.05) is 11.4 Å². The summed E-state index contributed by atoms with van der Waals surface area (Å²) in [6.07, 6.45) is -6.36. The number of hydrogen-bond donors (Lipinski definition) is 1. The summed E-state index contributed by atoms with van der Waals surface area (Å²) in [5.74, 6) is 0. The van der Waals surface area contributed by atoms with Crippen molar-refractivity contribution in [1.82, 2.24) is 0 Å². The molecule has 0 bridgehead atoms. The standard InChI is InChI=1S/C9H6Cl2F3NO2/c10-6-2-1-5(3-7(6)11)15(8(16)17)4-9(12,13)14/h1-3H,4H2,(H,16,17). The van der Waals surface area contributed by atoms with Crippen LogP contribution in [-0.4, -0.2) is 23.9 Å². The number of anilines is 1. The first-order valence-corrected chi connectivity index (χ1v) is 4.98. The van der Waals surface area contributed by atoms with Crippen LogP contribution >= 0.6 is 23.2 Å². The minimum absolute atomic E-state index is 0.0161. The van der Waals surface area contributed by atoms with Crippen molar-refractivity contribution < 1.29 is 23.1 Å². The van der Waals surface area contributed by atoms with E-state index in [4.69, 9.17) is 28.3 Å². The summed E-state index contributed by atoms with van der Waals surface area (Å²) in [6.45, 7) is -1.61. The normalized spacial score (nSPS) is 11.4. The second-order valence-corrected chi connectivity index (χ2v) is 3.90. The average molecular weight is 288 g/mol. The molecule has 0 aromatic heterocycles. The molecule has 0 aliphatic rings. The summed E-state index contributed by atoms with van der Waals surface area (Å²) in [5.41, 5.74) is -0.191. The van der Waals surface area contributed by atoms with E-state index in [0.29, 0.717) is 0 Å². The Kier molecular flexibility index (Phi) is 4.11. The van der Waals surface area contributed by atoms with Gasteiger partial charge in [-0.05, 0) is 18.2 Å². The molecule has 1 rings (SSSR count). The van der Waals surface area contributed by atoms with Crippen molar-refractivity contribution in [1.29, 1.82) is 0 Å². The van der Waals surface area contributed by atoms with Crippen molar-refractivity contribution in [3.63, 3.8) is 0 Å². The van der Waals surface area contributed by atoms with Gasteiger partial charge in [0.1, 0.15) is 6.54 Å². The van der Waals surface area contributed by atoms with Crippen LogP contribution in [0.3, 0.4) is 0 Å². The van der Waals surface area contributed by atoms with E-state index in [1.807, 2.05) is 0 Å². The summed E-state index contributed by atoms with van der Waals surface area (Å²) < 4.78 is 36.5. The lowest BCUT2D eigenvalue weighted by Crippen LogP contribution is -2.38. The molecule has 0 aliphatic carbocycles. The molecular formula is C9H6Cl2F3NO2. The molecule has 8 heteroatoms. The summed E-state index contributed by atoms with van der Waals surface area (Å²) in [7, 11) is 0. The molecule has 3 nitrogen and oxygen atoms in total. The molecule has 0 atom stereocenters. The fraction of sp³-hybridized carbons (Fsp3) is 0.222. The smallest absolute Gasteiger partial charge is 0.412 e. The Bertz CT molecular complexity index is 437. The van der Waals surface area contributed by atoms with E-state index in [1.165, 1.54) is 6.07 Å². The quantitative estimate of drug-likeness (QED) is 0.892. The predicted molar refractivity (Wildman–Crippen MR) is 57.9 cm³/mol. The van der Waals surface area contributed by atoms with Crippen LogP contribution in [0.2, 0.25) is 10.0 Å². The summed E-state index contributed by atoms with van der Waals surface area (Å²) in [4.78, 5) is 10.9. The molecule has 17 heavy (non-hydrogen) atoms. The van der Waals surface area contributed by atoms with Crippen molar-refractivity contribution in [3.05, 3.63) is 28.2 Å². The van der Waals surface area contributed by atoms with Gasteiger partial charge in [-0.3, -0.25) is 4.90 Å². The molecule has 0 radical (unpaired) electrons. The summed E-state index contributed by atoms with van der Waals surface area (Å²) in [5, 5.41) is 8.82. The molecule has 0 heterocycles. The molecule has 1 aromatic rings. The lowest BCUT2D eigenvalue weighted by Gasteiger charge is -2.21. The topological polar surface area (TPSA) is 40.5 Å². The highest BCUT2D eigenvalue weighted by Gasteiger charge is 2.34. The highest BCUT2D eigenvalue weighted by atomic mass is 35.5. The van der Waals surface area contributed by atoms with Crippen LogP contribution in [0.15, 0.2) is 18.2 Å². The van der Waals surface area contributed by atoms with Crippen LogP contribution in [-0.2, 0) is 0 Å². The first-order valence-electron chi connectivity index (χ1n) is 4.23. The van der Waals surface area contributed by atoms with Crippen LogP contribution in [0.5, 0.6) is 0 Å². The molecule has 0 saturated carbocycles. The Morgan fingerprint density at radius 2 is 1.88 bits per heavy atom. The third-order valence-corrected chi connectivity index (χ3v) is 2.52. The molecule has 1 amide bonds. The fourth-order valence-electron chi connectivity index (χ4n) is 1.10. The number of carboxylic acid groups (broad SMARTS) is 1. The zero-order chi connectivity index (χ0) is 13.2.